The highest BCUT2D eigenvalue weighted by Gasteiger charge is 2.22. The van der Waals surface area contributed by atoms with Crippen LogP contribution in [0, 0.1) is 0 Å². The van der Waals surface area contributed by atoms with Gasteiger partial charge in [0, 0.05) is 12.7 Å². The number of hydrogen-bond donors (Lipinski definition) is 3. The number of rotatable bonds is 5. The first-order valence-electron chi connectivity index (χ1n) is 6.51. The molecule has 0 saturated carbocycles. The number of hydrogen-bond acceptors (Lipinski definition) is 6. The first kappa shape index (κ1) is 16.5. The van der Waals surface area contributed by atoms with E-state index < -0.39 is 23.9 Å². The largest absolute Gasteiger partial charge is 0.461 e. The van der Waals surface area contributed by atoms with Crippen LogP contribution in [0.1, 0.15) is 37.3 Å². The van der Waals surface area contributed by atoms with E-state index in [1.165, 1.54) is 17.8 Å². The van der Waals surface area contributed by atoms with E-state index in [2.05, 4.69) is 15.7 Å². The second-order valence-corrected chi connectivity index (χ2v) is 4.16. The highest BCUT2D eigenvalue weighted by atomic mass is 16.5. The molecule has 0 radical (unpaired) electrons. The van der Waals surface area contributed by atoms with Crippen molar-refractivity contribution in [2.24, 2.45) is 0 Å². The molecule has 9 heteroatoms. The maximum absolute atomic E-state index is 11.9. The maximum atomic E-state index is 11.9. The molecular formula is C12H19N5O4. The Morgan fingerprint density at radius 1 is 1.43 bits per heavy atom. The van der Waals surface area contributed by atoms with Gasteiger partial charge in [-0.25, -0.2) is 9.59 Å². The third kappa shape index (κ3) is 4.20. The number of urea groups is 1. The Morgan fingerprint density at radius 3 is 2.67 bits per heavy atom. The minimum atomic E-state index is -0.807. The second-order valence-electron chi connectivity index (χ2n) is 4.16. The number of anilines is 1. The van der Waals surface area contributed by atoms with Gasteiger partial charge in [0.2, 0.25) is 0 Å². The Balaban J connectivity index is 2.81. The molecule has 0 aromatic carbocycles. The van der Waals surface area contributed by atoms with Crippen molar-refractivity contribution >= 4 is 23.6 Å². The Kier molecular flexibility index (Phi) is 5.70. The van der Waals surface area contributed by atoms with Crippen LogP contribution in [0.4, 0.5) is 10.5 Å². The number of nitrogens with zero attached hydrogens (tertiary/aromatic N) is 2. The molecule has 116 valence electrons. The molecule has 0 saturated heterocycles. The summed E-state index contributed by atoms with van der Waals surface area (Å²) in [6, 6.07) is -1.40. The number of nitrogens with one attached hydrogen (secondary N) is 2. The van der Waals surface area contributed by atoms with Crippen LogP contribution >= 0.6 is 0 Å². The summed E-state index contributed by atoms with van der Waals surface area (Å²) < 4.78 is 6.00. The monoisotopic (exact) mass is 297 g/mol. The molecule has 0 spiro atoms. The zero-order valence-electron chi connectivity index (χ0n) is 12.2. The van der Waals surface area contributed by atoms with E-state index in [-0.39, 0.29) is 18.0 Å². The molecule has 9 nitrogen and oxygen atoms in total. The van der Waals surface area contributed by atoms with Gasteiger partial charge >= 0.3 is 12.0 Å². The van der Waals surface area contributed by atoms with Crippen LogP contribution in [0.15, 0.2) is 6.20 Å². The van der Waals surface area contributed by atoms with Crippen LogP contribution in [0.2, 0.25) is 0 Å². The molecule has 4 N–H and O–H groups in total. The Hall–Kier alpha value is -2.58. The smallest absolute Gasteiger partial charge is 0.361 e. The van der Waals surface area contributed by atoms with E-state index in [9.17, 15) is 14.4 Å². The van der Waals surface area contributed by atoms with Crippen LogP contribution in [0.5, 0.6) is 0 Å². The molecule has 1 atom stereocenters. The minimum Gasteiger partial charge on any atom is -0.461 e. The normalized spacial score (nSPS) is 11.6. The molecule has 0 aliphatic rings. The zero-order chi connectivity index (χ0) is 16.0. The quantitative estimate of drug-likeness (QED) is 0.659. The van der Waals surface area contributed by atoms with E-state index in [0.29, 0.717) is 6.54 Å². The molecular weight excluding hydrogens is 278 g/mol. The predicted octanol–water partition coefficient (Wildman–Crippen LogP) is 0.0487. The SMILES string of the molecule is CCNC(=O)NC(=O)C(C)n1cc(N)c(C(=O)OCC)n1. The van der Waals surface area contributed by atoms with E-state index in [1.54, 1.807) is 13.8 Å². The van der Waals surface area contributed by atoms with Crippen LogP contribution < -0.4 is 16.4 Å². The fourth-order valence-electron chi connectivity index (χ4n) is 1.50. The average molecular weight is 297 g/mol. The summed E-state index contributed by atoms with van der Waals surface area (Å²) >= 11 is 0. The Morgan fingerprint density at radius 2 is 2.10 bits per heavy atom. The van der Waals surface area contributed by atoms with E-state index in [4.69, 9.17) is 10.5 Å². The van der Waals surface area contributed by atoms with Gasteiger partial charge in [-0.05, 0) is 20.8 Å². The lowest BCUT2D eigenvalue weighted by Gasteiger charge is -2.11. The summed E-state index contributed by atoms with van der Waals surface area (Å²) in [5.41, 5.74) is 5.71. The van der Waals surface area contributed by atoms with Gasteiger partial charge in [-0.1, -0.05) is 0 Å². The summed E-state index contributed by atoms with van der Waals surface area (Å²) in [6.07, 6.45) is 1.34. The first-order chi connectivity index (χ1) is 9.90. The summed E-state index contributed by atoms with van der Waals surface area (Å²) in [5, 5.41) is 8.52. The highest BCUT2D eigenvalue weighted by molar-refractivity contribution is 5.96. The lowest BCUT2D eigenvalue weighted by Crippen LogP contribution is -2.42. The second kappa shape index (κ2) is 7.27. The van der Waals surface area contributed by atoms with Gasteiger partial charge in [0.15, 0.2) is 5.69 Å². The molecule has 21 heavy (non-hydrogen) atoms. The van der Waals surface area contributed by atoms with Crippen molar-refractivity contribution in [2.75, 3.05) is 18.9 Å². The fraction of sp³-hybridized carbons (Fsp3) is 0.500. The molecule has 1 rings (SSSR count). The van der Waals surface area contributed by atoms with Gasteiger partial charge < -0.3 is 15.8 Å². The summed E-state index contributed by atoms with van der Waals surface area (Å²) in [6.45, 7) is 5.50. The number of amides is 3. The topological polar surface area (TPSA) is 128 Å². The molecule has 1 unspecified atom stereocenters. The molecule has 1 heterocycles. The Bertz CT molecular complexity index is 540. The van der Waals surface area contributed by atoms with Crippen molar-refractivity contribution in [3.8, 4) is 0 Å². The summed E-state index contributed by atoms with van der Waals surface area (Å²) in [7, 11) is 0. The van der Waals surface area contributed by atoms with Crippen molar-refractivity contribution in [1.82, 2.24) is 20.4 Å². The lowest BCUT2D eigenvalue weighted by atomic mass is 10.3. The van der Waals surface area contributed by atoms with Crippen molar-refractivity contribution in [2.45, 2.75) is 26.8 Å². The fourth-order valence-corrected chi connectivity index (χ4v) is 1.50. The summed E-state index contributed by atoms with van der Waals surface area (Å²) in [4.78, 5) is 34.7. The zero-order valence-corrected chi connectivity index (χ0v) is 12.2. The maximum Gasteiger partial charge on any atom is 0.361 e. The molecule has 0 aliphatic heterocycles. The van der Waals surface area contributed by atoms with Gasteiger partial charge in [0.1, 0.15) is 6.04 Å². The third-order valence-electron chi connectivity index (χ3n) is 2.58. The molecule has 3 amide bonds. The van der Waals surface area contributed by atoms with Crippen LogP contribution in [-0.2, 0) is 9.53 Å². The van der Waals surface area contributed by atoms with E-state index in [1.807, 2.05) is 0 Å². The number of esters is 1. The van der Waals surface area contributed by atoms with Crippen LogP contribution in [-0.4, -0.2) is 40.8 Å². The number of nitrogens with two attached hydrogens (primary N) is 1. The van der Waals surface area contributed by atoms with Crippen molar-refractivity contribution < 1.29 is 19.1 Å². The summed E-state index contributed by atoms with van der Waals surface area (Å²) in [5.74, 6) is -1.23. The highest BCUT2D eigenvalue weighted by Crippen LogP contribution is 2.14. The average Bonchev–Trinajstić information content (AvgIpc) is 2.80. The minimum absolute atomic E-state index is 0.0606. The van der Waals surface area contributed by atoms with Gasteiger partial charge in [-0.2, -0.15) is 5.10 Å². The van der Waals surface area contributed by atoms with E-state index in [0.717, 1.165) is 0 Å². The predicted molar refractivity (Wildman–Crippen MR) is 74.5 cm³/mol. The number of aromatic nitrogens is 2. The number of imide groups is 1. The van der Waals surface area contributed by atoms with Crippen LogP contribution in [0.25, 0.3) is 0 Å². The van der Waals surface area contributed by atoms with Crippen molar-refractivity contribution in [1.29, 1.82) is 0 Å². The number of nitrogen functional groups attached to an aromatic ring is 1. The molecule has 0 bridgehead atoms. The number of carbonyl (C=O) groups excluding carboxylic acids is 3. The number of ether oxygens (including phenoxy) is 1. The molecule has 1 aromatic rings. The van der Waals surface area contributed by atoms with Gasteiger partial charge in [0.05, 0.1) is 12.3 Å². The molecule has 1 aromatic heterocycles. The Labute approximate surface area is 121 Å². The van der Waals surface area contributed by atoms with Gasteiger partial charge in [-0.15, -0.1) is 0 Å². The lowest BCUT2D eigenvalue weighted by molar-refractivity contribution is -0.123. The number of carbonyl (C=O) groups is 3. The third-order valence-corrected chi connectivity index (χ3v) is 2.58. The molecule has 0 aliphatic carbocycles. The van der Waals surface area contributed by atoms with Gasteiger partial charge in [0.25, 0.3) is 5.91 Å². The van der Waals surface area contributed by atoms with Crippen LogP contribution in [0.3, 0.4) is 0 Å². The molecule has 0 fully saturated rings. The standard InChI is InChI=1S/C12H19N5O4/c1-4-14-12(20)15-10(18)7(3)17-6-8(13)9(16-17)11(19)21-5-2/h6-7H,4-5,13H2,1-3H3,(H2,14,15,18,20). The van der Waals surface area contributed by atoms with Crippen molar-refractivity contribution in [3.05, 3.63) is 11.9 Å². The van der Waals surface area contributed by atoms with Crippen molar-refractivity contribution in [3.63, 3.8) is 0 Å². The first-order valence-corrected chi connectivity index (χ1v) is 6.51. The van der Waals surface area contributed by atoms with E-state index >= 15 is 0 Å². The van der Waals surface area contributed by atoms with Gasteiger partial charge in [-0.3, -0.25) is 14.8 Å².